The molecule has 0 atom stereocenters. The second-order valence-corrected chi connectivity index (χ2v) is 10.7. The molecule has 2 aromatic heterocycles. The molecule has 0 amide bonds. The predicted octanol–water partition coefficient (Wildman–Crippen LogP) is 1.68. The lowest BCUT2D eigenvalue weighted by molar-refractivity contribution is 0.280. The summed E-state index contributed by atoms with van der Waals surface area (Å²) in [6.45, 7) is 3.93. The van der Waals surface area contributed by atoms with Crippen LogP contribution in [-0.4, -0.2) is 82.9 Å². The number of aromatic nitrogens is 4. The zero-order valence-corrected chi connectivity index (χ0v) is 24.5. The minimum Gasteiger partial charge on any atom is -0.493 e. The molecule has 5 rings (SSSR count). The van der Waals surface area contributed by atoms with Crippen molar-refractivity contribution in [3.05, 3.63) is 56.7 Å². The number of aryl methyl sites for hydroxylation is 2. The average molecular weight is 579 g/mol. The van der Waals surface area contributed by atoms with Gasteiger partial charge < -0.3 is 29.5 Å². The highest BCUT2D eigenvalue weighted by atomic mass is 16.5. The maximum absolute atomic E-state index is 13.3. The molecule has 3 heterocycles. The molecule has 12 heteroatoms. The number of piperidine rings is 1. The number of nitrogens with zero attached hydrogens (tertiary/aromatic N) is 6. The Labute approximate surface area is 243 Å². The average Bonchev–Trinajstić information content (AvgIpc) is 3.01. The number of methoxy groups -OCH3 is 2. The number of ether oxygens (including phenoxy) is 2. The van der Waals surface area contributed by atoms with Gasteiger partial charge >= 0.3 is 5.69 Å². The summed E-state index contributed by atoms with van der Waals surface area (Å²) in [6.07, 6.45) is 1.51. The van der Waals surface area contributed by atoms with Crippen molar-refractivity contribution < 1.29 is 19.7 Å². The zero-order valence-electron chi connectivity index (χ0n) is 24.5. The van der Waals surface area contributed by atoms with Gasteiger partial charge in [-0.15, -0.1) is 0 Å². The molecular weight excluding hydrogens is 540 g/mol. The Bertz CT molecular complexity index is 1700. The van der Waals surface area contributed by atoms with Crippen LogP contribution in [0.15, 0.2) is 39.9 Å². The fraction of sp³-hybridized carbons (Fsp3) is 0.467. The fourth-order valence-corrected chi connectivity index (χ4v) is 5.74. The van der Waals surface area contributed by atoms with Gasteiger partial charge in [-0.25, -0.2) is 9.78 Å². The first-order valence-electron chi connectivity index (χ1n) is 14.1. The van der Waals surface area contributed by atoms with E-state index in [1.807, 2.05) is 31.2 Å². The molecule has 0 radical (unpaired) electrons. The van der Waals surface area contributed by atoms with Crippen LogP contribution in [-0.2, 0) is 13.6 Å². The summed E-state index contributed by atoms with van der Waals surface area (Å²) in [5, 5.41) is 20.6. The van der Waals surface area contributed by atoms with Crippen LogP contribution in [0.5, 0.6) is 11.5 Å². The standard InChI is InChI=1S/C30H38N6O6/c1-19-5-6-24-22(15-19)28(39)36(30(40)33(24)2)18-20-7-9-34(10-8-20)27-21-16-25(41-3)26(42-4)17-23(21)31-29(32-27)35(11-13-37)12-14-38/h5-6,15-17,20,37-38H,7-14,18H2,1-4H3. The summed E-state index contributed by atoms with van der Waals surface area (Å²) in [4.78, 5) is 40.0. The lowest BCUT2D eigenvalue weighted by Gasteiger charge is -2.34. The number of hydrogen-bond acceptors (Lipinski definition) is 10. The van der Waals surface area contributed by atoms with Crippen LogP contribution in [0.1, 0.15) is 18.4 Å². The van der Waals surface area contributed by atoms with Crippen molar-refractivity contribution >= 4 is 33.6 Å². The molecule has 2 aromatic carbocycles. The molecule has 1 aliphatic rings. The van der Waals surface area contributed by atoms with Gasteiger partial charge in [0.15, 0.2) is 11.5 Å². The van der Waals surface area contributed by atoms with Crippen LogP contribution in [0.3, 0.4) is 0 Å². The van der Waals surface area contributed by atoms with E-state index in [0.717, 1.165) is 23.8 Å². The molecule has 224 valence electrons. The molecule has 0 aliphatic carbocycles. The second kappa shape index (κ2) is 12.4. The summed E-state index contributed by atoms with van der Waals surface area (Å²) in [6, 6.07) is 9.23. The van der Waals surface area contributed by atoms with E-state index in [1.165, 1.54) is 4.57 Å². The number of aliphatic hydroxyl groups excluding tert-OH is 2. The van der Waals surface area contributed by atoms with Crippen molar-refractivity contribution in [3.63, 3.8) is 0 Å². The predicted molar refractivity (Wildman–Crippen MR) is 162 cm³/mol. The maximum atomic E-state index is 13.3. The number of fused-ring (bicyclic) bond motifs is 2. The van der Waals surface area contributed by atoms with Gasteiger partial charge in [-0.3, -0.25) is 13.9 Å². The van der Waals surface area contributed by atoms with E-state index in [0.29, 0.717) is 59.3 Å². The van der Waals surface area contributed by atoms with Gasteiger partial charge in [0.05, 0.1) is 43.9 Å². The van der Waals surface area contributed by atoms with Crippen molar-refractivity contribution in [2.75, 3.05) is 63.4 Å². The fourth-order valence-electron chi connectivity index (χ4n) is 5.74. The SMILES string of the molecule is COc1cc2nc(N(CCO)CCO)nc(N3CCC(Cn4c(=O)c5cc(C)ccc5n(C)c4=O)CC3)c2cc1OC. The largest absolute Gasteiger partial charge is 0.493 e. The Balaban J connectivity index is 1.46. The summed E-state index contributed by atoms with van der Waals surface area (Å²) >= 11 is 0. The molecule has 2 N–H and O–H groups in total. The minimum atomic E-state index is -0.306. The van der Waals surface area contributed by atoms with E-state index >= 15 is 0 Å². The third-order valence-electron chi connectivity index (χ3n) is 8.05. The first kappa shape index (κ1) is 29.3. The van der Waals surface area contributed by atoms with Gasteiger partial charge in [0, 0.05) is 51.2 Å². The lowest BCUT2D eigenvalue weighted by atomic mass is 9.96. The molecule has 1 aliphatic heterocycles. The van der Waals surface area contributed by atoms with Crippen LogP contribution >= 0.6 is 0 Å². The highest BCUT2D eigenvalue weighted by Crippen LogP contribution is 2.37. The zero-order chi connectivity index (χ0) is 30.0. The van der Waals surface area contributed by atoms with Crippen LogP contribution in [0, 0.1) is 12.8 Å². The molecule has 0 spiro atoms. The Morgan fingerprint density at radius 1 is 0.952 bits per heavy atom. The van der Waals surface area contributed by atoms with Crippen LogP contribution in [0.25, 0.3) is 21.8 Å². The van der Waals surface area contributed by atoms with E-state index < -0.39 is 0 Å². The van der Waals surface area contributed by atoms with Gasteiger partial charge in [-0.05, 0) is 43.9 Å². The van der Waals surface area contributed by atoms with Crippen molar-refractivity contribution in [2.45, 2.75) is 26.3 Å². The molecule has 1 fully saturated rings. The van der Waals surface area contributed by atoms with E-state index in [-0.39, 0.29) is 43.5 Å². The molecular formula is C30H38N6O6. The topological polar surface area (TPSA) is 135 Å². The molecule has 12 nitrogen and oxygen atoms in total. The number of aliphatic hydroxyl groups is 2. The highest BCUT2D eigenvalue weighted by molar-refractivity contribution is 5.93. The summed E-state index contributed by atoms with van der Waals surface area (Å²) in [5.41, 5.74) is 1.70. The van der Waals surface area contributed by atoms with Crippen molar-refractivity contribution in [1.29, 1.82) is 0 Å². The normalized spacial score (nSPS) is 14.1. The Morgan fingerprint density at radius 2 is 1.62 bits per heavy atom. The van der Waals surface area contributed by atoms with E-state index in [1.54, 1.807) is 36.8 Å². The summed E-state index contributed by atoms with van der Waals surface area (Å²) in [5.74, 6) is 2.34. The second-order valence-electron chi connectivity index (χ2n) is 10.7. The van der Waals surface area contributed by atoms with Crippen LogP contribution in [0.2, 0.25) is 0 Å². The van der Waals surface area contributed by atoms with Crippen LogP contribution in [0.4, 0.5) is 11.8 Å². The third-order valence-corrected chi connectivity index (χ3v) is 8.05. The Hall–Kier alpha value is -4.16. The highest BCUT2D eigenvalue weighted by Gasteiger charge is 2.26. The molecule has 42 heavy (non-hydrogen) atoms. The van der Waals surface area contributed by atoms with Crippen molar-refractivity contribution in [2.24, 2.45) is 13.0 Å². The number of anilines is 2. The molecule has 0 bridgehead atoms. The van der Waals surface area contributed by atoms with Gasteiger partial charge in [0.2, 0.25) is 5.95 Å². The monoisotopic (exact) mass is 578 g/mol. The number of hydrogen-bond donors (Lipinski definition) is 2. The first-order valence-corrected chi connectivity index (χ1v) is 14.1. The molecule has 1 saturated heterocycles. The third kappa shape index (κ3) is 5.51. The van der Waals surface area contributed by atoms with Gasteiger partial charge in [-0.1, -0.05) is 11.6 Å². The number of rotatable bonds is 10. The van der Waals surface area contributed by atoms with E-state index in [2.05, 4.69) is 4.90 Å². The smallest absolute Gasteiger partial charge is 0.331 e. The molecule has 0 unspecified atom stereocenters. The first-order chi connectivity index (χ1) is 20.3. The number of benzene rings is 2. The minimum absolute atomic E-state index is 0.110. The van der Waals surface area contributed by atoms with Crippen molar-refractivity contribution in [3.8, 4) is 11.5 Å². The Kier molecular flexibility index (Phi) is 8.64. The summed E-state index contributed by atoms with van der Waals surface area (Å²) < 4.78 is 14.0. The van der Waals surface area contributed by atoms with E-state index in [9.17, 15) is 19.8 Å². The van der Waals surface area contributed by atoms with Crippen molar-refractivity contribution in [1.82, 2.24) is 19.1 Å². The molecule has 0 saturated carbocycles. The lowest BCUT2D eigenvalue weighted by Crippen LogP contribution is -2.43. The van der Waals surface area contributed by atoms with Gasteiger partial charge in [0.25, 0.3) is 5.56 Å². The van der Waals surface area contributed by atoms with Gasteiger partial charge in [0.1, 0.15) is 5.82 Å². The van der Waals surface area contributed by atoms with Gasteiger partial charge in [-0.2, -0.15) is 4.98 Å². The summed E-state index contributed by atoms with van der Waals surface area (Å²) in [7, 11) is 4.85. The van der Waals surface area contributed by atoms with Crippen LogP contribution < -0.4 is 30.5 Å². The molecule has 4 aromatic rings. The Morgan fingerprint density at radius 3 is 2.26 bits per heavy atom. The van der Waals surface area contributed by atoms with E-state index in [4.69, 9.17) is 19.4 Å². The quantitative estimate of drug-likeness (QED) is 0.286. The maximum Gasteiger partial charge on any atom is 0.331 e.